The van der Waals surface area contributed by atoms with E-state index in [4.69, 9.17) is 10.5 Å². The van der Waals surface area contributed by atoms with E-state index in [-0.39, 0.29) is 11.4 Å². The van der Waals surface area contributed by atoms with E-state index in [1.807, 2.05) is 38.1 Å². The van der Waals surface area contributed by atoms with Gasteiger partial charge >= 0.3 is 0 Å². The molecule has 0 bridgehead atoms. The molecule has 0 aliphatic carbocycles. The molecule has 4 heteroatoms. The lowest BCUT2D eigenvalue weighted by atomic mass is 9.88. The van der Waals surface area contributed by atoms with Gasteiger partial charge in [-0.05, 0) is 43.9 Å². The first-order chi connectivity index (χ1) is 9.87. The Balaban J connectivity index is 2.31. The molecule has 1 rings (SSSR count). The summed E-state index contributed by atoms with van der Waals surface area (Å²) in [5.41, 5.74) is 6.59. The standard InChI is InChI=1S/C17H28N2O2/c1-13(2)17(4,12-18)19-16(20)9-6-10-21-15-8-5-7-14(3)11-15/h5,7-8,11,13H,6,9-10,12,18H2,1-4H3,(H,19,20). The predicted molar refractivity (Wildman–Crippen MR) is 86.3 cm³/mol. The van der Waals surface area contributed by atoms with Gasteiger partial charge in [0.25, 0.3) is 0 Å². The van der Waals surface area contributed by atoms with Crippen molar-refractivity contribution >= 4 is 5.91 Å². The Morgan fingerprint density at radius 1 is 1.43 bits per heavy atom. The zero-order chi connectivity index (χ0) is 15.9. The summed E-state index contributed by atoms with van der Waals surface area (Å²) in [4.78, 5) is 12.0. The number of nitrogens with two attached hydrogens (primary N) is 1. The van der Waals surface area contributed by atoms with Crippen LogP contribution in [0.4, 0.5) is 0 Å². The van der Waals surface area contributed by atoms with Crippen LogP contribution in [0.5, 0.6) is 5.75 Å². The molecule has 118 valence electrons. The number of ether oxygens (including phenoxy) is 1. The van der Waals surface area contributed by atoms with Crippen LogP contribution in [0.2, 0.25) is 0 Å². The van der Waals surface area contributed by atoms with Crippen molar-refractivity contribution in [1.82, 2.24) is 5.32 Å². The zero-order valence-corrected chi connectivity index (χ0v) is 13.6. The molecule has 0 aliphatic heterocycles. The minimum Gasteiger partial charge on any atom is -0.494 e. The molecule has 0 fully saturated rings. The molecule has 1 amide bonds. The van der Waals surface area contributed by atoms with Gasteiger partial charge in [-0.3, -0.25) is 4.79 Å². The highest BCUT2D eigenvalue weighted by Crippen LogP contribution is 2.15. The summed E-state index contributed by atoms with van der Waals surface area (Å²) in [7, 11) is 0. The molecule has 3 N–H and O–H groups in total. The third-order valence-corrected chi connectivity index (χ3v) is 3.93. The third-order valence-electron chi connectivity index (χ3n) is 3.93. The van der Waals surface area contributed by atoms with Crippen molar-refractivity contribution in [3.05, 3.63) is 29.8 Å². The van der Waals surface area contributed by atoms with E-state index in [0.29, 0.717) is 31.9 Å². The number of rotatable bonds is 8. The summed E-state index contributed by atoms with van der Waals surface area (Å²) in [6, 6.07) is 7.91. The maximum atomic E-state index is 12.0. The first kappa shape index (κ1) is 17.5. The molecule has 0 saturated heterocycles. The fourth-order valence-electron chi connectivity index (χ4n) is 1.94. The lowest BCUT2D eigenvalue weighted by Gasteiger charge is -2.33. The van der Waals surface area contributed by atoms with Crippen molar-refractivity contribution < 1.29 is 9.53 Å². The van der Waals surface area contributed by atoms with Crippen LogP contribution in [0, 0.1) is 12.8 Å². The molecule has 0 spiro atoms. The molecular formula is C17H28N2O2. The predicted octanol–water partition coefficient (Wildman–Crippen LogP) is 2.64. The summed E-state index contributed by atoms with van der Waals surface area (Å²) in [6.45, 7) is 9.12. The summed E-state index contributed by atoms with van der Waals surface area (Å²) in [5.74, 6) is 1.18. The van der Waals surface area contributed by atoms with Crippen LogP contribution < -0.4 is 15.8 Å². The number of nitrogens with one attached hydrogen (secondary N) is 1. The second-order valence-electron chi connectivity index (χ2n) is 6.09. The molecule has 21 heavy (non-hydrogen) atoms. The minimum atomic E-state index is -0.339. The second kappa shape index (κ2) is 8.03. The zero-order valence-electron chi connectivity index (χ0n) is 13.6. The van der Waals surface area contributed by atoms with Gasteiger partial charge in [0.15, 0.2) is 0 Å². The number of amides is 1. The number of carbonyl (C=O) groups excluding carboxylic acids is 1. The van der Waals surface area contributed by atoms with Gasteiger partial charge in [0.05, 0.1) is 12.1 Å². The minimum absolute atomic E-state index is 0.0319. The molecule has 0 aromatic heterocycles. The molecule has 1 aromatic carbocycles. The average Bonchev–Trinajstić information content (AvgIpc) is 2.43. The van der Waals surface area contributed by atoms with Gasteiger partial charge in [-0.15, -0.1) is 0 Å². The highest BCUT2D eigenvalue weighted by Gasteiger charge is 2.28. The van der Waals surface area contributed by atoms with Crippen LogP contribution in [-0.4, -0.2) is 24.6 Å². The average molecular weight is 292 g/mol. The molecule has 4 nitrogen and oxygen atoms in total. The van der Waals surface area contributed by atoms with E-state index >= 15 is 0 Å². The molecule has 0 aliphatic rings. The monoisotopic (exact) mass is 292 g/mol. The van der Waals surface area contributed by atoms with Crippen LogP contribution in [0.15, 0.2) is 24.3 Å². The van der Waals surface area contributed by atoms with Gasteiger partial charge in [0, 0.05) is 13.0 Å². The van der Waals surface area contributed by atoms with E-state index in [1.54, 1.807) is 0 Å². The largest absolute Gasteiger partial charge is 0.494 e. The van der Waals surface area contributed by atoms with Crippen molar-refractivity contribution in [3.8, 4) is 5.75 Å². The normalized spacial score (nSPS) is 13.8. The van der Waals surface area contributed by atoms with Crippen molar-refractivity contribution in [1.29, 1.82) is 0 Å². The van der Waals surface area contributed by atoms with E-state index in [0.717, 1.165) is 5.75 Å². The SMILES string of the molecule is Cc1cccc(OCCCC(=O)NC(C)(CN)C(C)C)c1. The number of hydrogen-bond acceptors (Lipinski definition) is 3. The van der Waals surface area contributed by atoms with Crippen LogP contribution in [0.3, 0.4) is 0 Å². The molecule has 0 saturated carbocycles. The Morgan fingerprint density at radius 2 is 2.14 bits per heavy atom. The summed E-state index contributed by atoms with van der Waals surface area (Å²) >= 11 is 0. The third kappa shape index (κ3) is 5.76. The number of hydrogen-bond donors (Lipinski definition) is 2. The maximum Gasteiger partial charge on any atom is 0.220 e. The lowest BCUT2D eigenvalue weighted by molar-refractivity contribution is -0.123. The van der Waals surface area contributed by atoms with Gasteiger partial charge in [-0.25, -0.2) is 0 Å². The summed E-state index contributed by atoms with van der Waals surface area (Å²) in [5, 5.41) is 3.03. The molecule has 1 unspecified atom stereocenters. The Hall–Kier alpha value is -1.55. The van der Waals surface area contributed by atoms with Gasteiger partial charge in [-0.1, -0.05) is 26.0 Å². The Bertz CT molecular complexity index is 460. The quantitative estimate of drug-likeness (QED) is 0.724. The van der Waals surface area contributed by atoms with Gasteiger partial charge < -0.3 is 15.8 Å². The molecular weight excluding hydrogens is 264 g/mol. The van der Waals surface area contributed by atoms with E-state index in [9.17, 15) is 4.79 Å². The van der Waals surface area contributed by atoms with Gasteiger partial charge in [0.1, 0.15) is 5.75 Å². The maximum absolute atomic E-state index is 12.0. The smallest absolute Gasteiger partial charge is 0.220 e. The Kier molecular flexibility index (Phi) is 6.69. The van der Waals surface area contributed by atoms with Crippen molar-refractivity contribution in [2.45, 2.75) is 46.1 Å². The number of benzene rings is 1. The summed E-state index contributed by atoms with van der Waals surface area (Å²) < 4.78 is 5.64. The molecule has 0 heterocycles. The van der Waals surface area contributed by atoms with Gasteiger partial charge in [-0.2, -0.15) is 0 Å². The van der Waals surface area contributed by atoms with Crippen molar-refractivity contribution in [2.24, 2.45) is 11.7 Å². The first-order valence-electron chi connectivity index (χ1n) is 7.58. The van der Waals surface area contributed by atoms with Gasteiger partial charge in [0.2, 0.25) is 5.91 Å². The number of carbonyl (C=O) groups is 1. The summed E-state index contributed by atoms with van der Waals surface area (Å²) in [6.07, 6.45) is 1.15. The van der Waals surface area contributed by atoms with Crippen molar-refractivity contribution in [3.63, 3.8) is 0 Å². The van der Waals surface area contributed by atoms with Crippen LogP contribution in [-0.2, 0) is 4.79 Å². The lowest BCUT2D eigenvalue weighted by Crippen LogP contribution is -2.55. The van der Waals surface area contributed by atoms with Crippen LogP contribution in [0.25, 0.3) is 0 Å². The van der Waals surface area contributed by atoms with Crippen LogP contribution in [0.1, 0.15) is 39.2 Å². The van der Waals surface area contributed by atoms with E-state index in [2.05, 4.69) is 19.2 Å². The first-order valence-corrected chi connectivity index (χ1v) is 7.58. The Labute approximate surface area is 128 Å². The molecule has 0 radical (unpaired) electrons. The fourth-order valence-corrected chi connectivity index (χ4v) is 1.94. The molecule has 1 atom stereocenters. The number of aryl methyl sites for hydroxylation is 1. The van der Waals surface area contributed by atoms with Crippen LogP contribution >= 0.6 is 0 Å². The highest BCUT2D eigenvalue weighted by atomic mass is 16.5. The fraction of sp³-hybridized carbons (Fsp3) is 0.588. The van der Waals surface area contributed by atoms with E-state index in [1.165, 1.54) is 5.56 Å². The highest BCUT2D eigenvalue weighted by molar-refractivity contribution is 5.76. The second-order valence-corrected chi connectivity index (χ2v) is 6.09. The van der Waals surface area contributed by atoms with Crippen molar-refractivity contribution in [2.75, 3.05) is 13.2 Å². The van der Waals surface area contributed by atoms with E-state index < -0.39 is 0 Å². The topological polar surface area (TPSA) is 64.3 Å². The molecule has 1 aromatic rings. The Morgan fingerprint density at radius 3 is 2.71 bits per heavy atom.